The summed E-state index contributed by atoms with van der Waals surface area (Å²) in [5.74, 6) is 0. The van der Waals surface area contributed by atoms with Crippen molar-refractivity contribution in [3.05, 3.63) is 0 Å². The molecule has 1 saturated carbocycles. The number of nitrogens with one attached hydrogen (secondary N) is 1. The molecule has 0 saturated heterocycles. The van der Waals surface area contributed by atoms with Crippen LogP contribution >= 0.6 is 0 Å². The molecule has 0 spiro atoms. The Morgan fingerprint density at radius 1 is 1.24 bits per heavy atom. The van der Waals surface area contributed by atoms with E-state index in [1.807, 2.05) is 6.92 Å². The summed E-state index contributed by atoms with van der Waals surface area (Å²) in [6, 6.07) is 0.483. The van der Waals surface area contributed by atoms with E-state index in [1.54, 1.807) is 0 Å². The predicted octanol–water partition coefficient (Wildman–Crippen LogP) is 3.00. The number of halogens is 3. The second-order valence-corrected chi connectivity index (χ2v) is 5.08. The van der Waals surface area contributed by atoms with Crippen molar-refractivity contribution in [1.29, 1.82) is 0 Å². The molecule has 1 rings (SSSR count). The maximum Gasteiger partial charge on any atom is 0.389 e. The van der Waals surface area contributed by atoms with Crippen LogP contribution in [-0.4, -0.2) is 29.5 Å². The standard InChI is InChI=1S/C12H22F3NO/c1-9(3-2-8-12(13,14)15)16-10-4-6-11(17)7-5-10/h9-11,16-17H,2-8H2,1H3. The lowest BCUT2D eigenvalue weighted by Crippen LogP contribution is -2.39. The van der Waals surface area contributed by atoms with Crippen LogP contribution in [-0.2, 0) is 0 Å². The van der Waals surface area contributed by atoms with E-state index in [1.165, 1.54) is 0 Å². The van der Waals surface area contributed by atoms with Gasteiger partial charge in [0.1, 0.15) is 0 Å². The van der Waals surface area contributed by atoms with Crippen molar-refractivity contribution in [2.75, 3.05) is 0 Å². The summed E-state index contributed by atoms with van der Waals surface area (Å²) in [5, 5.41) is 12.7. The lowest BCUT2D eigenvalue weighted by Gasteiger charge is -2.29. The molecular weight excluding hydrogens is 231 g/mol. The first-order valence-electron chi connectivity index (χ1n) is 6.37. The highest BCUT2D eigenvalue weighted by molar-refractivity contribution is 4.78. The first kappa shape index (κ1) is 14.8. The van der Waals surface area contributed by atoms with Crippen molar-refractivity contribution in [2.45, 2.75) is 76.2 Å². The summed E-state index contributed by atoms with van der Waals surface area (Å²) in [6.45, 7) is 1.93. The van der Waals surface area contributed by atoms with E-state index in [0.29, 0.717) is 12.5 Å². The third-order valence-electron chi connectivity index (χ3n) is 3.31. The molecule has 1 unspecified atom stereocenters. The quantitative estimate of drug-likeness (QED) is 0.789. The topological polar surface area (TPSA) is 32.3 Å². The summed E-state index contributed by atoms with van der Waals surface area (Å²) >= 11 is 0. The monoisotopic (exact) mass is 253 g/mol. The maximum atomic E-state index is 12.0. The van der Waals surface area contributed by atoms with Crippen LogP contribution < -0.4 is 5.32 Å². The van der Waals surface area contributed by atoms with Crippen molar-refractivity contribution in [2.24, 2.45) is 0 Å². The number of hydrogen-bond acceptors (Lipinski definition) is 2. The molecule has 0 radical (unpaired) electrons. The van der Waals surface area contributed by atoms with Gasteiger partial charge in [0.2, 0.25) is 0 Å². The molecule has 0 bridgehead atoms. The second kappa shape index (κ2) is 6.59. The van der Waals surface area contributed by atoms with Crippen molar-refractivity contribution in [1.82, 2.24) is 5.32 Å². The van der Waals surface area contributed by atoms with Gasteiger partial charge in [-0.15, -0.1) is 0 Å². The van der Waals surface area contributed by atoms with Crippen LogP contribution in [0.4, 0.5) is 13.2 Å². The van der Waals surface area contributed by atoms with Gasteiger partial charge in [-0.1, -0.05) is 0 Å². The van der Waals surface area contributed by atoms with E-state index in [-0.39, 0.29) is 18.6 Å². The van der Waals surface area contributed by atoms with Crippen LogP contribution in [0.3, 0.4) is 0 Å². The summed E-state index contributed by atoms with van der Waals surface area (Å²) in [4.78, 5) is 0. The van der Waals surface area contributed by atoms with Gasteiger partial charge in [0.25, 0.3) is 0 Å². The minimum absolute atomic E-state index is 0.123. The molecule has 1 aliphatic carbocycles. The molecule has 0 aromatic heterocycles. The minimum Gasteiger partial charge on any atom is -0.393 e. The van der Waals surface area contributed by atoms with Gasteiger partial charge < -0.3 is 10.4 Å². The van der Waals surface area contributed by atoms with E-state index in [4.69, 9.17) is 0 Å². The molecule has 17 heavy (non-hydrogen) atoms. The third-order valence-corrected chi connectivity index (χ3v) is 3.31. The largest absolute Gasteiger partial charge is 0.393 e. The number of alkyl halides is 3. The van der Waals surface area contributed by atoms with Crippen LogP contribution in [0.1, 0.15) is 51.9 Å². The Morgan fingerprint density at radius 3 is 2.35 bits per heavy atom. The van der Waals surface area contributed by atoms with Crippen molar-refractivity contribution < 1.29 is 18.3 Å². The third kappa shape index (κ3) is 6.88. The molecule has 1 aliphatic rings. The zero-order valence-electron chi connectivity index (χ0n) is 10.3. The zero-order valence-corrected chi connectivity index (χ0v) is 10.3. The van der Waals surface area contributed by atoms with Gasteiger partial charge in [-0.25, -0.2) is 0 Å². The molecule has 0 aromatic carbocycles. The van der Waals surface area contributed by atoms with Gasteiger partial charge in [0.15, 0.2) is 0 Å². The Morgan fingerprint density at radius 2 is 1.82 bits per heavy atom. The Labute approximate surface area is 101 Å². The summed E-state index contributed by atoms with van der Waals surface area (Å²) in [5.41, 5.74) is 0. The lowest BCUT2D eigenvalue weighted by atomic mass is 9.92. The normalized spacial score (nSPS) is 28.1. The summed E-state index contributed by atoms with van der Waals surface area (Å²) < 4.78 is 35.9. The van der Waals surface area contributed by atoms with Crippen LogP contribution in [0.2, 0.25) is 0 Å². The molecule has 0 aliphatic heterocycles. The van der Waals surface area contributed by atoms with Crippen molar-refractivity contribution >= 4 is 0 Å². The Balaban J connectivity index is 2.10. The Bertz CT molecular complexity index is 212. The Hall–Kier alpha value is -0.290. The highest BCUT2D eigenvalue weighted by Crippen LogP contribution is 2.23. The van der Waals surface area contributed by atoms with E-state index >= 15 is 0 Å². The number of aliphatic hydroxyl groups is 1. The fourth-order valence-electron chi connectivity index (χ4n) is 2.34. The highest BCUT2D eigenvalue weighted by Gasteiger charge is 2.26. The average Bonchev–Trinajstić information content (AvgIpc) is 2.19. The molecular formula is C12H22F3NO. The molecule has 0 heterocycles. The van der Waals surface area contributed by atoms with E-state index < -0.39 is 12.6 Å². The molecule has 1 fully saturated rings. The number of rotatable bonds is 5. The molecule has 102 valence electrons. The van der Waals surface area contributed by atoms with Crippen LogP contribution in [0.5, 0.6) is 0 Å². The molecule has 0 aromatic rings. The first-order chi connectivity index (χ1) is 7.87. The fraction of sp³-hybridized carbons (Fsp3) is 1.00. The van der Waals surface area contributed by atoms with Gasteiger partial charge in [-0.3, -0.25) is 0 Å². The average molecular weight is 253 g/mol. The van der Waals surface area contributed by atoms with Gasteiger partial charge in [0, 0.05) is 18.5 Å². The summed E-state index contributed by atoms with van der Waals surface area (Å²) in [6.07, 6.45) is -0.730. The highest BCUT2D eigenvalue weighted by atomic mass is 19.4. The molecule has 5 heteroatoms. The van der Waals surface area contributed by atoms with E-state index in [0.717, 1.165) is 25.7 Å². The SMILES string of the molecule is CC(CCCC(F)(F)F)NC1CCC(O)CC1. The number of hydrogen-bond donors (Lipinski definition) is 2. The maximum absolute atomic E-state index is 12.0. The molecule has 1 atom stereocenters. The van der Waals surface area contributed by atoms with Gasteiger partial charge in [-0.05, 0) is 45.4 Å². The van der Waals surface area contributed by atoms with Crippen LogP contribution in [0.25, 0.3) is 0 Å². The Kier molecular flexibility index (Phi) is 5.73. The van der Waals surface area contributed by atoms with Crippen molar-refractivity contribution in [3.8, 4) is 0 Å². The van der Waals surface area contributed by atoms with Gasteiger partial charge in [0.05, 0.1) is 6.10 Å². The van der Waals surface area contributed by atoms with Crippen LogP contribution in [0.15, 0.2) is 0 Å². The molecule has 0 amide bonds. The lowest BCUT2D eigenvalue weighted by molar-refractivity contribution is -0.135. The number of aliphatic hydroxyl groups excluding tert-OH is 1. The smallest absolute Gasteiger partial charge is 0.389 e. The van der Waals surface area contributed by atoms with Gasteiger partial charge in [-0.2, -0.15) is 13.2 Å². The summed E-state index contributed by atoms with van der Waals surface area (Å²) in [7, 11) is 0. The van der Waals surface area contributed by atoms with E-state index in [9.17, 15) is 18.3 Å². The minimum atomic E-state index is -4.03. The predicted molar refractivity (Wildman–Crippen MR) is 60.8 cm³/mol. The first-order valence-corrected chi connectivity index (χ1v) is 6.37. The van der Waals surface area contributed by atoms with Crippen molar-refractivity contribution in [3.63, 3.8) is 0 Å². The second-order valence-electron chi connectivity index (χ2n) is 5.08. The van der Waals surface area contributed by atoms with Crippen LogP contribution in [0, 0.1) is 0 Å². The molecule has 2 N–H and O–H groups in total. The zero-order chi connectivity index (χ0) is 12.9. The van der Waals surface area contributed by atoms with E-state index in [2.05, 4.69) is 5.32 Å². The fourth-order valence-corrected chi connectivity index (χ4v) is 2.34. The molecule has 2 nitrogen and oxygen atoms in total. The van der Waals surface area contributed by atoms with Gasteiger partial charge >= 0.3 is 6.18 Å².